The maximum atomic E-state index is 13.6. The van der Waals surface area contributed by atoms with Gasteiger partial charge in [0.1, 0.15) is 11.8 Å². The van der Waals surface area contributed by atoms with Gasteiger partial charge in [-0.05, 0) is 38.0 Å². The molecule has 0 radical (unpaired) electrons. The van der Waals surface area contributed by atoms with Crippen LogP contribution < -0.4 is 15.5 Å². The molecule has 1 aliphatic rings. The molecule has 2 aromatic heterocycles. The smallest absolute Gasteiger partial charge is 0.247 e. The lowest BCUT2D eigenvalue weighted by Gasteiger charge is -2.31. The van der Waals surface area contributed by atoms with Gasteiger partial charge in [0.25, 0.3) is 0 Å². The zero-order chi connectivity index (χ0) is 25.3. The first-order valence-corrected chi connectivity index (χ1v) is 11.9. The SMILES string of the molecule is Cc1cc(NC(=O)CCC(=O)N(c2ccccc2)[C@@H](C(=O)NC[C@@H]2CCCO2)c2cccnc2)no1. The third kappa shape index (κ3) is 6.54. The summed E-state index contributed by atoms with van der Waals surface area (Å²) in [5, 5.41) is 9.30. The van der Waals surface area contributed by atoms with E-state index < -0.39 is 6.04 Å². The van der Waals surface area contributed by atoms with Gasteiger partial charge in [0.2, 0.25) is 17.7 Å². The first-order chi connectivity index (χ1) is 17.5. The maximum Gasteiger partial charge on any atom is 0.247 e. The highest BCUT2D eigenvalue weighted by molar-refractivity contribution is 6.03. The highest BCUT2D eigenvalue weighted by Gasteiger charge is 2.33. The monoisotopic (exact) mass is 491 g/mol. The van der Waals surface area contributed by atoms with Crippen molar-refractivity contribution in [2.75, 3.05) is 23.4 Å². The number of rotatable bonds is 10. The molecule has 1 fully saturated rings. The van der Waals surface area contributed by atoms with Crippen LogP contribution >= 0.6 is 0 Å². The largest absolute Gasteiger partial charge is 0.376 e. The standard InChI is InChI=1S/C26H29N5O5/c1-18-15-22(30-36-18)29-23(32)11-12-24(33)31(20-8-3-2-4-9-20)25(19-7-5-13-27-16-19)26(34)28-17-21-10-6-14-35-21/h2-5,7-9,13,15-16,21,25H,6,10-12,14,17H2,1H3,(H,28,34)(H,29,30,32)/t21-,25+/m0/s1. The minimum absolute atomic E-state index is 0.0479. The number of ether oxygens (including phenoxy) is 1. The van der Waals surface area contributed by atoms with E-state index in [1.165, 1.54) is 4.90 Å². The molecule has 0 spiro atoms. The third-order valence-electron chi connectivity index (χ3n) is 5.80. The van der Waals surface area contributed by atoms with Gasteiger partial charge in [0.15, 0.2) is 5.82 Å². The maximum absolute atomic E-state index is 13.6. The highest BCUT2D eigenvalue weighted by Crippen LogP contribution is 2.29. The molecule has 2 N–H and O–H groups in total. The van der Waals surface area contributed by atoms with E-state index >= 15 is 0 Å². The van der Waals surface area contributed by atoms with Crippen molar-refractivity contribution in [1.29, 1.82) is 0 Å². The molecule has 0 bridgehead atoms. The molecular weight excluding hydrogens is 462 g/mol. The second-order valence-electron chi connectivity index (χ2n) is 8.54. The van der Waals surface area contributed by atoms with Crippen LogP contribution in [0.1, 0.15) is 43.0 Å². The predicted molar refractivity (Wildman–Crippen MR) is 132 cm³/mol. The quantitative estimate of drug-likeness (QED) is 0.446. The van der Waals surface area contributed by atoms with Gasteiger partial charge in [-0.3, -0.25) is 24.3 Å². The van der Waals surface area contributed by atoms with Crippen LogP contribution in [0.2, 0.25) is 0 Å². The molecule has 0 aliphatic carbocycles. The van der Waals surface area contributed by atoms with Crippen LogP contribution in [-0.2, 0) is 19.1 Å². The van der Waals surface area contributed by atoms with E-state index in [0.29, 0.717) is 30.2 Å². The Kier molecular flexibility index (Phi) is 8.40. The molecule has 3 aromatic rings. The van der Waals surface area contributed by atoms with E-state index in [4.69, 9.17) is 9.26 Å². The van der Waals surface area contributed by atoms with Crippen molar-refractivity contribution in [1.82, 2.24) is 15.5 Å². The fourth-order valence-electron chi connectivity index (χ4n) is 4.07. The van der Waals surface area contributed by atoms with Crippen LogP contribution in [0.25, 0.3) is 0 Å². The zero-order valence-corrected chi connectivity index (χ0v) is 20.1. The van der Waals surface area contributed by atoms with Crippen molar-refractivity contribution in [2.24, 2.45) is 0 Å². The van der Waals surface area contributed by atoms with Crippen molar-refractivity contribution in [3.63, 3.8) is 0 Å². The van der Waals surface area contributed by atoms with Crippen molar-refractivity contribution in [2.45, 2.75) is 44.8 Å². The Hall–Kier alpha value is -4.05. The second kappa shape index (κ2) is 12.1. The van der Waals surface area contributed by atoms with E-state index in [2.05, 4.69) is 20.8 Å². The molecule has 3 amide bonds. The number of pyridine rings is 1. The number of para-hydroxylation sites is 1. The molecule has 36 heavy (non-hydrogen) atoms. The number of hydrogen-bond acceptors (Lipinski definition) is 7. The molecule has 0 saturated carbocycles. The lowest BCUT2D eigenvalue weighted by molar-refractivity contribution is -0.127. The highest BCUT2D eigenvalue weighted by atomic mass is 16.5. The summed E-state index contributed by atoms with van der Waals surface area (Å²) in [7, 11) is 0. The van der Waals surface area contributed by atoms with Gasteiger partial charge in [-0.2, -0.15) is 0 Å². The molecule has 0 unspecified atom stereocenters. The molecule has 1 saturated heterocycles. The number of carbonyl (C=O) groups excluding carboxylic acids is 3. The predicted octanol–water partition coefficient (Wildman–Crippen LogP) is 3.17. The number of hydrogen-bond donors (Lipinski definition) is 2. The summed E-state index contributed by atoms with van der Waals surface area (Å²) < 4.78 is 10.6. The molecule has 4 rings (SSSR count). The summed E-state index contributed by atoms with van der Waals surface area (Å²) in [5.74, 6) is -0.269. The van der Waals surface area contributed by atoms with Crippen LogP contribution in [0.5, 0.6) is 0 Å². The molecule has 1 aromatic carbocycles. The van der Waals surface area contributed by atoms with Crippen molar-refractivity contribution >= 4 is 29.2 Å². The third-order valence-corrected chi connectivity index (χ3v) is 5.80. The Labute approximate surface area is 209 Å². The minimum atomic E-state index is -0.976. The van der Waals surface area contributed by atoms with E-state index in [9.17, 15) is 14.4 Å². The number of anilines is 2. The lowest BCUT2D eigenvalue weighted by Crippen LogP contribution is -2.45. The Balaban J connectivity index is 1.55. The Morgan fingerprint density at radius 3 is 2.64 bits per heavy atom. The van der Waals surface area contributed by atoms with E-state index in [1.807, 2.05) is 6.07 Å². The van der Waals surface area contributed by atoms with Crippen LogP contribution in [0.15, 0.2) is 65.4 Å². The van der Waals surface area contributed by atoms with Crippen molar-refractivity contribution in [3.05, 3.63) is 72.2 Å². The fraction of sp³-hybridized carbons (Fsp3) is 0.346. The summed E-state index contributed by atoms with van der Waals surface area (Å²) in [6.07, 6.45) is 4.75. The average Bonchev–Trinajstić information content (AvgIpc) is 3.57. The molecule has 188 valence electrons. The summed E-state index contributed by atoms with van der Waals surface area (Å²) in [6.45, 7) is 2.75. The summed E-state index contributed by atoms with van der Waals surface area (Å²) in [5.41, 5.74) is 1.10. The van der Waals surface area contributed by atoms with Gasteiger partial charge >= 0.3 is 0 Å². The van der Waals surface area contributed by atoms with Gasteiger partial charge in [-0.1, -0.05) is 29.4 Å². The number of nitrogens with zero attached hydrogens (tertiary/aromatic N) is 3. The summed E-state index contributed by atoms with van der Waals surface area (Å²) in [4.78, 5) is 45.1. The number of nitrogens with one attached hydrogen (secondary N) is 2. The van der Waals surface area contributed by atoms with Crippen LogP contribution in [0.4, 0.5) is 11.5 Å². The van der Waals surface area contributed by atoms with Gasteiger partial charge in [0, 0.05) is 55.7 Å². The van der Waals surface area contributed by atoms with Gasteiger partial charge in [-0.25, -0.2) is 0 Å². The van der Waals surface area contributed by atoms with E-state index in [-0.39, 0.29) is 42.5 Å². The first kappa shape index (κ1) is 25.1. The lowest BCUT2D eigenvalue weighted by atomic mass is 10.0. The van der Waals surface area contributed by atoms with Gasteiger partial charge < -0.3 is 19.9 Å². The summed E-state index contributed by atoms with van der Waals surface area (Å²) in [6, 6.07) is 13.0. The first-order valence-electron chi connectivity index (χ1n) is 11.9. The van der Waals surface area contributed by atoms with Crippen molar-refractivity contribution < 1.29 is 23.6 Å². The molecule has 2 atom stereocenters. The normalized spacial score (nSPS) is 15.8. The van der Waals surface area contributed by atoms with E-state index in [0.717, 1.165) is 12.8 Å². The number of aryl methyl sites for hydroxylation is 1. The van der Waals surface area contributed by atoms with Gasteiger partial charge in [0.05, 0.1) is 6.10 Å². The minimum Gasteiger partial charge on any atom is -0.376 e. The fourth-order valence-corrected chi connectivity index (χ4v) is 4.07. The number of aromatic nitrogens is 2. The molecule has 10 nitrogen and oxygen atoms in total. The molecular formula is C26H29N5O5. The van der Waals surface area contributed by atoms with Crippen LogP contribution in [0, 0.1) is 6.92 Å². The van der Waals surface area contributed by atoms with Crippen LogP contribution in [-0.4, -0.2) is 47.1 Å². The Bertz CT molecular complexity index is 1160. The average molecular weight is 492 g/mol. The van der Waals surface area contributed by atoms with Gasteiger partial charge in [-0.15, -0.1) is 0 Å². The zero-order valence-electron chi connectivity index (χ0n) is 20.1. The number of benzene rings is 1. The number of carbonyl (C=O) groups is 3. The Morgan fingerprint density at radius 2 is 1.97 bits per heavy atom. The summed E-state index contributed by atoms with van der Waals surface area (Å²) >= 11 is 0. The number of amides is 3. The van der Waals surface area contributed by atoms with E-state index in [1.54, 1.807) is 61.8 Å². The molecule has 10 heteroatoms. The Morgan fingerprint density at radius 1 is 1.14 bits per heavy atom. The van der Waals surface area contributed by atoms with Crippen molar-refractivity contribution in [3.8, 4) is 0 Å². The molecule has 1 aliphatic heterocycles. The van der Waals surface area contributed by atoms with Crippen LogP contribution in [0.3, 0.4) is 0 Å². The topological polar surface area (TPSA) is 127 Å². The molecule has 3 heterocycles. The second-order valence-corrected chi connectivity index (χ2v) is 8.54.